The minimum Gasteiger partial charge on any atom is -0.486 e. The summed E-state index contributed by atoms with van der Waals surface area (Å²) in [5.41, 5.74) is 3.01. The molecule has 1 aromatic heterocycles. The van der Waals surface area contributed by atoms with Crippen molar-refractivity contribution in [2.24, 2.45) is 0 Å². The molecule has 148 valence electrons. The van der Waals surface area contributed by atoms with Crippen molar-refractivity contribution in [3.8, 4) is 11.5 Å². The Bertz CT molecular complexity index is 929. The molecule has 0 unspecified atom stereocenters. The highest BCUT2D eigenvalue weighted by Crippen LogP contribution is 2.38. The van der Waals surface area contributed by atoms with Crippen LogP contribution in [0.4, 0.5) is 5.69 Å². The van der Waals surface area contributed by atoms with Gasteiger partial charge in [0.15, 0.2) is 17.6 Å². The average Bonchev–Trinajstić information content (AvgIpc) is 3.46. The highest BCUT2D eigenvalue weighted by Gasteiger charge is 2.29. The highest BCUT2D eigenvalue weighted by molar-refractivity contribution is 5.98. The lowest BCUT2D eigenvalue weighted by Gasteiger charge is -2.19. The summed E-state index contributed by atoms with van der Waals surface area (Å²) in [5, 5.41) is 2.75. The standard InChI is InChI=1S/C21H24N2O5/c1-12-10-17(13(2)23(12)16-5-6-16)21(25)28-14(3)20(24)22-15-4-7-18-19(11-15)27-9-8-26-18/h4,7,10-11,14,16H,5-6,8-9H2,1-3H3,(H,22,24)/t14-/m0/s1. The Hall–Kier alpha value is -2.96. The monoisotopic (exact) mass is 384 g/mol. The fourth-order valence-corrected chi connectivity index (χ4v) is 3.52. The molecule has 1 saturated carbocycles. The number of carbonyl (C=O) groups is 2. The quantitative estimate of drug-likeness (QED) is 0.800. The molecular weight excluding hydrogens is 360 g/mol. The number of nitrogens with one attached hydrogen (secondary N) is 1. The summed E-state index contributed by atoms with van der Waals surface area (Å²) < 4.78 is 18.6. The van der Waals surface area contributed by atoms with Crippen molar-refractivity contribution < 1.29 is 23.8 Å². The third-order valence-electron chi connectivity index (χ3n) is 5.08. The lowest BCUT2D eigenvalue weighted by molar-refractivity contribution is -0.123. The molecule has 1 N–H and O–H groups in total. The van der Waals surface area contributed by atoms with Crippen molar-refractivity contribution in [2.45, 2.75) is 45.8 Å². The molecule has 1 amide bonds. The first-order chi connectivity index (χ1) is 13.4. The van der Waals surface area contributed by atoms with Crippen LogP contribution in [0, 0.1) is 13.8 Å². The first-order valence-corrected chi connectivity index (χ1v) is 9.54. The molecule has 1 fully saturated rings. The van der Waals surface area contributed by atoms with E-state index in [4.69, 9.17) is 14.2 Å². The number of anilines is 1. The average molecular weight is 384 g/mol. The Labute approximate surface area is 163 Å². The molecule has 7 heteroatoms. The summed E-state index contributed by atoms with van der Waals surface area (Å²) >= 11 is 0. The number of hydrogen-bond acceptors (Lipinski definition) is 5. The van der Waals surface area contributed by atoms with Gasteiger partial charge >= 0.3 is 5.97 Å². The second kappa shape index (κ2) is 7.22. The van der Waals surface area contributed by atoms with E-state index in [1.807, 2.05) is 19.9 Å². The van der Waals surface area contributed by atoms with Crippen LogP contribution < -0.4 is 14.8 Å². The molecule has 0 saturated heterocycles. The molecule has 4 rings (SSSR count). The van der Waals surface area contributed by atoms with Crippen LogP contribution in [-0.4, -0.2) is 35.8 Å². The van der Waals surface area contributed by atoms with E-state index in [1.165, 1.54) is 0 Å². The van der Waals surface area contributed by atoms with Crippen LogP contribution in [-0.2, 0) is 9.53 Å². The van der Waals surface area contributed by atoms with E-state index in [0.717, 1.165) is 24.2 Å². The van der Waals surface area contributed by atoms with Gasteiger partial charge < -0.3 is 24.1 Å². The molecule has 0 bridgehead atoms. The normalized spacial score (nSPS) is 16.4. The van der Waals surface area contributed by atoms with Gasteiger partial charge in [0.05, 0.1) is 5.56 Å². The number of benzene rings is 1. The maximum atomic E-state index is 12.6. The maximum absolute atomic E-state index is 12.6. The number of aromatic nitrogens is 1. The zero-order valence-corrected chi connectivity index (χ0v) is 16.3. The molecule has 28 heavy (non-hydrogen) atoms. The number of amides is 1. The van der Waals surface area contributed by atoms with E-state index in [9.17, 15) is 9.59 Å². The van der Waals surface area contributed by atoms with E-state index in [0.29, 0.717) is 42.0 Å². The second-order valence-corrected chi connectivity index (χ2v) is 7.28. The first-order valence-electron chi connectivity index (χ1n) is 9.54. The smallest absolute Gasteiger partial charge is 0.340 e. The summed E-state index contributed by atoms with van der Waals surface area (Å²) in [5.74, 6) is 0.349. The molecule has 1 aromatic carbocycles. The number of ether oxygens (including phenoxy) is 3. The zero-order valence-electron chi connectivity index (χ0n) is 16.3. The molecular formula is C21H24N2O5. The van der Waals surface area contributed by atoms with Crippen molar-refractivity contribution in [1.82, 2.24) is 4.57 Å². The van der Waals surface area contributed by atoms with Crippen LogP contribution in [0.25, 0.3) is 0 Å². The minimum atomic E-state index is -0.926. The number of esters is 1. The lowest BCUT2D eigenvalue weighted by Crippen LogP contribution is -2.30. The van der Waals surface area contributed by atoms with Crippen LogP contribution in [0.5, 0.6) is 11.5 Å². The van der Waals surface area contributed by atoms with E-state index in [2.05, 4.69) is 9.88 Å². The Morgan fingerprint density at radius 2 is 1.86 bits per heavy atom. The third-order valence-corrected chi connectivity index (χ3v) is 5.08. The van der Waals surface area contributed by atoms with Crippen molar-refractivity contribution >= 4 is 17.6 Å². The van der Waals surface area contributed by atoms with E-state index in [-0.39, 0.29) is 0 Å². The summed E-state index contributed by atoms with van der Waals surface area (Å²) in [6.07, 6.45) is 1.35. The molecule has 0 spiro atoms. The predicted molar refractivity (Wildman–Crippen MR) is 103 cm³/mol. The third kappa shape index (κ3) is 3.56. The van der Waals surface area contributed by atoms with Crippen LogP contribution in [0.15, 0.2) is 24.3 Å². The van der Waals surface area contributed by atoms with Crippen LogP contribution in [0.3, 0.4) is 0 Å². The van der Waals surface area contributed by atoms with Gasteiger partial charge in [0.2, 0.25) is 0 Å². The van der Waals surface area contributed by atoms with Gasteiger partial charge in [0.1, 0.15) is 13.2 Å². The van der Waals surface area contributed by atoms with Gasteiger partial charge in [0.25, 0.3) is 5.91 Å². The summed E-state index contributed by atoms with van der Waals surface area (Å²) in [4.78, 5) is 25.0. The van der Waals surface area contributed by atoms with Crippen molar-refractivity contribution in [3.05, 3.63) is 41.2 Å². The predicted octanol–water partition coefficient (Wildman–Crippen LogP) is 3.40. The van der Waals surface area contributed by atoms with Crippen molar-refractivity contribution in [1.29, 1.82) is 0 Å². The van der Waals surface area contributed by atoms with Gasteiger partial charge in [0, 0.05) is 29.2 Å². The van der Waals surface area contributed by atoms with E-state index < -0.39 is 18.0 Å². The number of aryl methyl sites for hydroxylation is 1. The molecule has 2 aliphatic rings. The Kier molecular flexibility index (Phi) is 4.75. The molecule has 1 aliphatic carbocycles. The molecule has 0 radical (unpaired) electrons. The first kappa shape index (κ1) is 18.4. The number of nitrogens with zero attached hydrogens (tertiary/aromatic N) is 1. The van der Waals surface area contributed by atoms with Gasteiger partial charge in [-0.2, -0.15) is 0 Å². The van der Waals surface area contributed by atoms with Gasteiger partial charge in [-0.25, -0.2) is 4.79 Å². The van der Waals surface area contributed by atoms with Crippen molar-refractivity contribution in [2.75, 3.05) is 18.5 Å². The number of hydrogen-bond donors (Lipinski definition) is 1. The minimum absolute atomic E-state index is 0.402. The van der Waals surface area contributed by atoms with Gasteiger partial charge in [-0.3, -0.25) is 4.79 Å². The molecule has 2 heterocycles. The number of rotatable bonds is 5. The molecule has 7 nitrogen and oxygen atoms in total. The van der Waals surface area contributed by atoms with Crippen LogP contribution in [0.1, 0.15) is 47.6 Å². The Morgan fingerprint density at radius 1 is 1.14 bits per heavy atom. The van der Waals surface area contributed by atoms with Gasteiger partial charge in [-0.1, -0.05) is 0 Å². The van der Waals surface area contributed by atoms with E-state index >= 15 is 0 Å². The number of carbonyl (C=O) groups excluding carboxylic acids is 2. The van der Waals surface area contributed by atoms with Crippen molar-refractivity contribution in [3.63, 3.8) is 0 Å². The summed E-state index contributed by atoms with van der Waals surface area (Å²) in [6.45, 7) is 6.44. The fraction of sp³-hybridized carbons (Fsp3) is 0.429. The Morgan fingerprint density at radius 3 is 2.57 bits per heavy atom. The van der Waals surface area contributed by atoms with Crippen LogP contribution in [0.2, 0.25) is 0 Å². The van der Waals surface area contributed by atoms with Gasteiger partial charge in [-0.05, 0) is 51.8 Å². The van der Waals surface area contributed by atoms with E-state index in [1.54, 1.807) is 25.1 Å². The fourth-order valence-electron chi connectivity index (χ4n) is 3.52. The molecule has 2 aromatic rings. The second-order valence-electron chi connectivity index (χ2n) is 7.28. The largest absolute Gasteiger partial charge is 0.486 e. The van der Waals surface area contributed by atoms with Gasteiger partial charge in [-0.15, -0.1) is 0 Å². The Balaban J connectivity index is 1.40. The number of fused-ring (bicyclic) bond motifs is 1. The maximum Gasteiger partial charge on any atom is 0.340 e. The van der Waals surface area contributed by atoms with Crippen LogP contribution >= 0.6 is 0 Å². The summed E-state index contributed by atoms with van der Waals surface area (Å²) in [6, 6.07) is 7.49. The summed E-state index contributed by atoms with van der Waals surface area (Å²) in [7, 11) is 0. The topological polar surface area (TPSA) is 78.8 Å². The zero-order chi connectivity index (χ0) is 19.8. The SMILES string of the molecule is Cc1cc(C(=O)O[C@@H](C)C(=O)Nc2ccc3c(c2)OCCO3)c(C)n1C1CC1. The molecule has 1 atom stereocenters. The molecule has 1 aliphatic heterocycles. The lowest BCUT2D eigenvalue weighted by atomic mass is 10.2. The highest BCUT2D eigenvalue weighted by atomic mass is 16.6.